The number of aromatic hydroxyl groups is 1. The number of ether oxygens (including phenoxy) is 3. The fourth-order valence-electron chi connectivity index (χ4n) is 3.98. The molecule has 3 rings (SSSR count). The van der Waals surface area contributed by atoms with Crippen molar-refractivity contribution in [2.24, 2.45) is 0 Å². The second-order valence-electron chi connectivity index (χ2n) is 8.58. The number of nitrogens with zero attached hydrogens (tertiary/aromatic N) is 2. The van der Waals surface area contributed by atoms with Crippen LogP contribution in [0.3, 0.4) is 0 Å². The Hall–Kier alpha value is -3.08. The smallest absolute Gasteiger partial charge is 0.507 e. The number of alkyl halides is 3. The van der Waals surface area contributed by atoms with Crippen LogP contribution < -0.4 is 10.1 Å². The van der Waals surface area contributed by atoms with E-state index in [-0.39, 0.29) is 18.4 Å². The number of aromatic nitrogens is 2. The van der Waals surface area contributed by atoms with Crippen LogP contribution in [0.4, 0.5) is 19.0 Å². The highest BCUT2D eigenvalue weighted by Gasteiger charge is 2.32. The minimum Gasteiger partial charge on any atom is -0.507 e. The number of carbonyl (C=O) groups excluding carboxylic acids is 1. The third-order valence-corrected chi connectivity index (χ3v) is 5.74. The third-order valence-electron chi connectivity index (χ3n) is 5.74. The zero-order chi connectivity index (χ0) is 27.3. The number of rotatable bonds is 10. The number of nitrogens with one attached hydrogen (secondary N) is 1. The highest BCUT2D eigenvalue weighted by molar-refractivity contribution is 5.75. The normalized spacial score (nSPS) is 13.9. The summed E-state index contributed by atoms with van der Waals surface area (Å²) in [5, 5.41) is 22.7. The van der Waals surface area contributed by atoms with E-state index in [2.05, 4.69) is 38.8 Å². The summed E-state index contributed by atoms with van der Waals surface area (Å²) in [5.41, 5.74) is 2.00. The molecule has 2 aromatic rings. The Morgan fingerprint density at radius 1 is 1.16 bits per heavy atom. The Labute approximate surface area is 215 Å². The highest BCUT2D eigenvalue weighted by Crippen LogP contribution is 2.40. The lowest BCUT2D eigenvalue weighted by Gasteiger charge is -2.19. The van der Waals surface area contributed by atoms with E-state index in [0.29, 0.717) is 55.2 Å². The van der Waals surface area contributed by atoms with Crippen LogP contribution >= 0.6 is 0 Å². The number of anilines is 1. The number of hydrogen-bond donors (Lipinski definition) is 2. The van der Waals surface area contributed by atoms with E-state index in [9.17, 15) is 23.1 Å². The Bertz CT molecular complexity index is 989. The number of hydrogen-bond acceptors (Lipinski definition) is 8. The van der Waals surface area contributed by atoms with Crippen molar-refractivity contribution in [2.75, 3.05) is 18.5 Å². The summed E-state index contributed by atoms with van der Waals surface area (Å²) in [4.78, 5) is 9.18. The molecule has 0 fully saturated rings. The lowest BCUT2D eigenvalue weighted by atomic mass is 9.97. The Morgan fingerprint density at radius 3 is 2.57 bits per heavy atom. The predicted molar refractivity (Wildman–Crippen MR) is 133 cm³/mol. The van der Waals surface area contributed by atoms with Gasteiger partial charge in [-0.1, -0.05) is 33.1 Å². The average Bonchev–Trinajstić information content (AvgIpc) is 2.92. The summed E-state index contributed by atoms with van der Waals surface area (Å²) >= 11 is 0. The van der Waals surface area contributed by atoms with Gasteiger partial charge < -0.3 is 24.6 Å². The molecule has 0 radical (unpaired) electrons. The molecule has 0 saturated heterocycles. The lowest BCUT2D eigenvalue weighted by Crippen LogP contribution is -2.19. The molecule has 8 nitrogen and oxygen atoms in total. The molecule has 0 spiro atoms. The number of aryl methyl sites for hydroxylation is 1. The largest absolute Gasteiger partial charge is 0.573 e. The maximum Gasteiger partial charge on any atom is 0.573 e. The molecule has 11 heteroatoms. The maximum absolute atomic E-state index is 12.7. The molecule has 2 heterocycles. The van der Waals surface area contributed by atoms with Crippen molar-refractivity contribution in [1.29, 1.82) is 0 Å². The topological polar surface area (TPSA) is 103 Å². The van der Waals surface area contributed by atoms with Crippen LogP contribution in [0.2, 0.25) is 0 Å². The molecule has 0 amide bonds. The van der Waals surface area contributed by atoms with Crippen LogP contribution in [-0.2, 0) is 27.3 Å². The summed E-state index contributed by atoms with van der Waals surface area (Å²) in [6.07, 6.45) is 2.00. The van der Waals surface area contributed by atoms with Gasteiger partial charge in [0.25, 0.3) is 6.47 Å². The number of benzene rings is 1. The second kappa shape index (κ2) is 15.2. The zero-order valence-electron chi connectivity index (χ0n) is 21.6. The maximum atomic E-state index is 12.7. The van der Waals surface area contributed by atoms with Crippen molar-refractivity contribution >= 4 is 12.3 Å². The molecular weight excluding hydrogens is 491 g/mol. The molecule has 206 valence electrons. The van der Waals surface area contributed by atoms with Gasteiger partial charge in [0.05, 0.1) is 13.2 Å². The second-order valence-corrected chi connectivity index (χ2v) is 8.58. The summed E-state index contributed by atoms with van der Waals surface area (Å²) in [7, 11) is 0. The minimum atomic E-state index is -4.86. The fraction of sp³-hybridized carbons (Fsp3) is 0.577. The van der Waals surface area contributed by atoms with Gasteiger partial charge in [0, 0.05) is 24.3 Å². The summed E-state index contributed by atoms with van der Waals surface area (Å²) in [6.45, 7) is 7.43. The first-order valence-corrected chi connectivity index (χ1v) is 12.6. The average molecular weight is 528 g/mol. The molecule has 1 unspecified atom stereocenters. The van der Waals surface area contributed by atoms with Gasteiger partial charge in [0.15, 0.2) is 0 Å². The van der Waals surface area contributed by atoms with Crippen LogP contribution in [0.5, 0.6) is 11.5 Å². The Balaban J connectivity index is 0.000000877. The van der Waals surface area contributed by atoms with E-state index in [1.54, 1.807) is 6.92 Å². The van der Waals surface area contributed by atoms with E-state index in [4.69, 9.17) is 4.74 Å². The first-order valence-electron chi connectivity index (χ1n) is 12.6. The van der Waals surface area contributed by atoms with Crippen LogP contribution in [-0.4, -0.2) is 47.4 Å². The predicted octanol–water partition coefficient (Wildman–Crippen LogP) is 6.16. The van der Waals surface area contributed by atoms with Crippen LogP contribution in [0, 0.1) is 0 Å². The molecule has 1 aliphatic rings. The van der Waals surface area contributed by atoms with E-state index in [0.717, 1.165) is 37.3 Å². The first-order chi connectivity index (χ1) is 17.7. The lowest BCUT2D eigenvalue weighted by molar-refractivity contribution is -0.274. The monoisotopic (exact) mass is 527 g/mol. The Kier molecular flexibility index (Phi) is 12.4. The van der Waals surface area contributed by atoms with Gasteiger partial charge in [-0.05, 0) is 55.9 Å². The molecular formula is C26H36F3N3O5. The molecule has 0 aliphatic carbocycles. The molecule has 37 heavy (non-hydrogen) atoms. The third kappa shape index (κ3) is 10.1. The fourth-order valence-corrected chi connectivity index (χ4v) is 3.98. The Morgan fingerprint density at radius 2 is 1.95 bits per heavy atom. The quantitative estimate of drug-likeness (QED) is 0.280. The van der Waals surface area contributed by atoms with Gasteiger partial charge in [0.1, 0.15) is 23.0 Å². The van der Waals surface area contributed by atoms with E-state index in [1.165, 1.54) is 12.5 Å². The SMILES string of the molecule is CCCCCC(CC)Nc1cc2c(nn1)-c1c(O)cc(OC(F)(F)F)cc1COCCC2.CCOC=O. The van der Waals surface area contributed by atoms with E-state index < -0.39 is 12.1 Å². The molecule has 1 aromatic heterocycles. The molecule has 1 atom stereocenters. The van der Waals surface area contributed by atoms with Crippen molar-refractivity contribution in [2.45, 2.75) is 84.7 Å². The van der Waals surface area contributed by atoms with E-state index >= 15 is 0 Å². The van der Waals surface area contributed by atoms with Crippen molar-refractivity contribution in [3.8, 4) is 22.8 Å². The molecule has 1 aromatic carbocycles. The van der Waals surface area contributed by atoms with Gasteiger partial charge in [-0.25, -0.2) is 0 Å². The van der Waals surface area contributed by atoms with Crippen molar-refractivity contribution in [3.63, 3.8) is 0 Å². The van der Waals surface area contributed by atoms with Gasteiger partial charge in [0.2, 0.25) is 0 Å². The number of carbonyl (C=O) groups is 1. The number of halogens is 3. The minimum absolute atomic E-state index is 0.0361. The molecule has 1 aliphatic heterocycles. The van der Waals surface area contributed by atoms with Crippen LogP contribution in [0.1, 0.15) is 70.4 Å². The van der Waals surface area contributed by atoms with E-state index in [1.807, 2.05) is 6.07 Å². The number of fused-ring (bicyclic) bond motifs is 3. The number of unbranched alkanes of at least 4 members (excludes halogenated alkanes) is 2. The van der Waals surface area contributed by atoms with Crippen LogP contribution in [0.15, 0.2) is 18.2 Å². The molecule has 0 bridgehead atoms. The van der Waals surface area contributed by atoms with Crippen molar-refractivity contribution < 1.29 is 37.3 Å². The van der Waals surface area contributed by atoms with Gasteiger partial charge in [-0.3, -0.25) is 4.79 Å². The number of phenols is 1. The summed E-state index contributed by atoms with van der Waals surface area (Å²) in [5.74, 6) is -0.193. The number of phenolic OH excluding ortho intramolecular Hbond substituents is 1. The molecule has 0 saturated carbocycles. The summed E-state index contributed by atoms with van der Waals surface area (Å²) in [6, 6.07) is 4.38. The van der Waals surface area contributed by atoms with Gasteiger partial charge in [-0.15, -0.1) is 23.4 Å². The van der Waals surface area contributed by atoms with Crippen molar-refractivity contribution in [1.82, 2.24) is 10.2 Å². The summed E-state index contributed by atoms with van der Waals surface area (Å²) < 4.78 is 51.8. The van der Waals surface area contributed by atoms with Crippen molar-refractivity contribution in [3.05, 3.63) is 29.3 Å². The molecule has 2 N–H and O–H groups in total. The zero-order valence-corrected chi connectivity index (χ0v) is 21.6. The standard InChI is InChI=1S/C23H30F3N3O3.C3H6O2/c1-3-5-6-9-17(4-2)27-20-12-15-8-7-10-31-14-16-11-18(32-23(24,25)26)13-19(30)21(16)22(15)29-28-20;1-2-5-3-4/h11-13,17,30H,3-10,14H2,1-2H3,(H,27,28);3H,2H2,1H3. The van der Waals surface area contributed by atoms with Crippen LogP contribution in [0.25, 0.3) is 11.3 Å². The van der Waals surface area contributed by atoms with Gasteiger partial charge in [-0.2, -0.15) is 0 Å². The first kappa shape index (κ1) is 30.1. The highest BCUT2D eigenvalue weighted by atomic mass is 19.4. The van der Waals surface area contributed by atoms with Gasteiger partial charge >= 0.3 is 6.36 Å².